The predicted octanol–water partition coefficient (Wildman–Crippen LogP) is 1.57. The number of rotatable bonds is 4. The van der Waals surface area contributed by atoms with Crippen LogP contribution in [0.1, 0.15) is 33.1 Å². The van der Waals surface area contributed by atoms with Gasteiger partial charge in [0, 0.05) is 12.5 Å². The van der Waals surface area contributed by atoms with E-state index >= 15 is 0 Å². The lowest BCUT2D eigenvalue weighted by Gasteiger charge is -2.39. The van der Waals surface area contributed by atoms with Crippen molar-refractivity contribution in [2.75, 3.05) is 19.6 Å². The smallest absolute Gasteiger partial charge is 0.223 e. The fourth-order valence-electron chi connectivity index (χ4n) is 2.30. The van der Waals surface area contributed by atoms with Crippen molar-refractivity contribution in [3.8, 4) is 0 Å². The van der Waals surface area contributed by atoms with Gasteiger partial charge in [-0.05, 0) is 37.3 Å². The topological polar surface area (TPSA) is 41.1 Å². The number of carbonyl (C=O) groups is 1. The van der Waals surface area contributed by atoms with E-state index in [0.717, 1.165) is 19.6 Å². The maximum atomic E-state index is 11.8. The van der Waals surface area contributed by atoms with E-state index in [9.17, 15) is 4.79 Å². The fourth-order valence-corrected chi connectivity index (χ4v) is 2.30. The Bertz CT molecular complexity index is 249. The first-order valence-electron chi connectivity index (χ1n) is 6.09. The summed E-state index contributed by atoms with van der Waals surface area (Å²) < 4.78 is 0. The highest BCUT2D eigenvalue weighted by molar-refractivity contribution is 5.85. The van der Waals surface area contributed by atoms with Gasteiger partial charge in [-0.2, -0.15) is 0 Å². The Morgan fingerprint density at radius 1 is 1.50 bits per heavy atom. The van der Waals surface area contributed by atoms with Crippen molar-refractivity contribution in [2.24, 2.45) is 17.3 Å². The molecule has 1 amide bonds. The molecule has 0 aromatic heterocycles. The van der Waals surface area contributed by atoms with Gasteiger partial charge in [0.25, 0.3) is 0 Å². The minimum Gasteiger partial charge on any atom is -0.355 e. The predicted molar refractivity (Wildman–Crippen MR) is 67.7 cm³/mol. The van der Waals surface area contributed by atoms with Crippen molar-refractivity contribution < 1.29 is 4.79 Å². The van der Waals surface area contributed by atoms with Crippen LogP contribution in [0.2, 0.25) is 0 Å². The molecule has 94 valence electrons. The Kier molecular flexibility index (Phi) is 4.62. The van der Waals surface area contributed by atoms with Gasteiger partial charge in [0.1, 0.15) is 0 Å². The summed E-state index contributed by atoms with van der Waals surface area (Å²) in [5.74, 6) is 0.976. The van der Waals surface area contributed by atoms with Crippen LogP contribution in [-0.2, 0) is 4.79 Å². The molecule has 1 heterocycles. The zero-order valence-electron chi connectivity index (χ0n) is 10.2. The van der Waals surface area contributed by atoms with E-state index in [4.69, 9.17) is 0 Å². The van der Waals surface area contributed by atoms with Crippen LogP contribution in [0.4, 0.5) is 0 Å². The van der Waals surface area contributed by atoms with Crippen molar-refractivity contribution in [3.05, 3.63) is 0 Å². The Balaban J connectivity index is 0.00000128. The number of nitrogens with one attached hydrogen (secondary N) is 2. The van der Waals surface area contributed by atoms with Gasteiger partial charge < -0.3 is 10.6 Å². The van der Waals surface area contributed by atoms with Crippen molar-refractivity contribution in [1.82, 2.24) is 10.6 Å². The maximum Gasteiger partial charge on any atom is 0.223 e. The van der Waals surface area contributed by atoms with Gasteiger partial charge in [0.15, 0.2) is 0 Å². The summed E-state index contributed by atoms with van der Waals surface area (Å²) in [5.41, 5.74) is 0.396. The summed E-state index contributed by atoms with van der Waals surface area (Å²) in [5, 5.41) is 6.32. The van der Waals surface area contributed by atoms with E-state index < -0.39 is 0 Å². The van der Waals surface area contributed by atoms with Crippen LogP contribution in [-0.4, -0.2) is 25.5 Å². The van der Waals surface area contributed by atoms with Crippen LogP contribution in [0.15, 0.2) is 0 Å². The van der Waals surface area contributed by atoms with E-state index in [-0.39, 0.29) is 24.2 Å². The Morgan fingerprint density at radius 3 is 2.50 bits per heavy atom. The van der Waals surface area contributed by atoms with E-state index in [0.29, 0.717) is 11.3 Å². The molecule has 16 heavy (non-hydrogen) atoms. The minimum absolute atomic E-state index is 0. The molecule has 0 radical (unpaired) electrons. The van der Waals surface area contributed by atoms with Crippen LogP contribution < -0.4 is 10.6 Å². The molecule has 2 rings (SSSR count). The molecule has 2 fully saturated rings. The molecule has 1 aliphatic heterocycles. The van der Waals surface area contributed by atoms with Gasteiger partial charge >= 0.3 is 0 Å². The first kappa shape index (κ1) is 13.8. The number of halogens is 1. The molecule has 1 saturated heterocycles. The molecule has 1 atom stereocenters. The average molecular weight is 247 g/mol. The van der Waals surface area contributed by atoms with Crippen LogP contribution in [0.5, 0.6) is 0 Å². The van der Waals surface area contributed by atoms with Crippen molar-refractivity contribution in [2.45, 2.75) is 33.1 Å². The largest absolute Gasteiger partial charge is 0.355 e. The van der Waals surface area contributed by atoms with Gasteiger partial charge in [-0.1, -0.05) is 20.3 Å². The second kappa shape index (κ2) is 5.37. The molecular formula is C12H23ClN2O. The maximum absolute atomic E-state index is 11.8. The normalized spacial score (nSPS) is 24.6. The summed E-state index contributed by atoms with van der Waals surface area (Å²) in [6, 6.07) is 0. The molecule has 1 aliphatic carbocycles. The monoisotopic (exact) mass is 246 g/mol. The molecule has 2 aliphatic rings. The highest BCUT2D eigenvalue weighted by Gasteiger charge is 2.34. The number of hydrogen-bond acceptors (Lipinski definition) is 2. The van der Waals surface area contributed by atoms with Crippen molar-refractivity contribution in [1.29, 1.82) is 0 Å². The van der Waals surface area contributed by atoms with Crippen LogP contribution in [0.25, 0.3) is 0 Å². The first-order chi connectivity index (χ1) is 7.11. The molecule has 0 bridgehead atoms. The van der Waals surface area contributed by atoms with Gasteiger partial charge in [0.05, 0.1) is 0 Å². The van der Waals surface area contributed by atoms with Gasteiger partial charge in [-0.25, -0.2) is 0 Å². The van der Waals surface area contributed by atoms with Crippen LogP contribution >= 0.6 is 12.4 Å². The highest BCUT2D eigenvalue weighted by atomic mass is 35.5. The third-order valence-electron chi connectivity index (χ3n) is 4.18. The number of carbonyl (C=O) groups excluding carboxylic acids is 1. The summed E-state index contributed by atoms with van der Waals surface area (Å²) in [6.07, 6.45) is 3.87. The van der Waals surface area contributed by atoms with Gasteiger partial charge in [-0.3, -0.25) is 4.79 Å². The molecule has 0 spiro atoms. The summed E-state index contributed by atoms with van der Waals surface area (Å²) in [7, 11) is 0. The molecule has 1 saturated carbocycles. The standard InChI is InChI=1S/C12H22N2O.ClH/c1-9(10-6-13-7-10)11(15)14-8-12(2)4-3-5-12;/h9-10,13H,3-8H2,1-2H3,(H,14,15);1H. The second-order valence-corrected chi connectivity index (χ2v) is 5.59. The SMILES string of the molecule is CC(C(=O)NCC1(C)CCC1)C1CNC1.Cl. The molecule has 1 unspecified atom stereocenters. The fraction of sp³-hybridized carbons (Fsp3) is 0.917. The summed E-state index contributed by atoms with van der Waals surface area (Å²) >= 11 is 0. The summed E-state index contributed by atoms with van der Waals surface area (Å²) in [4.78, 5) is 11.8. The van der Waals surface area contributed by atoms with Crippen LogP contribution in [0, 0.1) is 17.3 Å². The van der Waals surface area contributed by atoms with E-state index in [1.807, 2.05) is 6.92 Å². The zero-order chi connectivity index (χ0) is 10.9. The number of hydrogen-bond donors (Lipinski definition) is 2. The lowest BCUT2D eigenvalue weighted by Crippen LogP contribution is -2.51. The molecule has 3 nitrogen and oxygen atoms in total. The van der Waals surface area contributed by atoms with Crippen molar-refractivity contribution in [3.63, 3.8) is 0 Å². The van der Waals surface area contributed by atoms with Gasteiger partial charge in [-0.15, -0.1) is 12.4 Å². The minimum atomic E-state index is 0. The Labute approximate surface area is 104 Å². The number of amides is 1. The van der Waals surface area contributed by atoms with Crippen LogP contribution in [0.3, 0.4) is 0 Å². The lowest BCUT2D eigenvalue weighted by molar-refractivity contribution is -0.127. The second-order valence-electron chi connectivity index (χ2n) is 5.59. The van der Waals surface area contributed by atoms with Crippen molar-refractivity contribution >= 4 is 18.3 Å². The average Bonchev–Trinajstić information content (AvgIpc) is 2.08. The highest BCUT2D eigenvalue weighted by Crippen LogP contribution is 2.39. The lowest BCUT2D eigenvalue weighted by atomic mass is 9.70. The summed E-state index contributed by atoms with van der Waals surface area (Å²) in [6.45, 7) is 7.20. The molecule has 0 aromatic carbocycles. The van der Waals surface area contributed by atoms with E-state index in [1.54, 1.807) is 0 Å². The molecular weight excluding hydrogens is 224 g/mol. The Hall–Kier alpha value is -0.280. The molecule has 0 aromatic rings. The van der Waals surface area contributed by atoms with Gasteiger partial charge in [0.2, 0.25) is 5.91 Å². The van der Waals surface area contributed by atoms with E-state index in [1.165, 1.54) is 19.3 Å². The zero-order valence-corrected chi connectivity index (χ0v) is 11.0. The quantitative estimate of drug-likeness (QED) is 0.791. The first-order valence-corrected chi connectivity index (χ1v) is 6.09. The molecule has 2 N–H and O–H groups in total. The Morgan fingerprint density at radius 2 is 2.12 bits per heavy atom. The van der Waals surface area contributed by atoms with E-state index in [2.05, 4.69) is 17.6 Å². The third-order valence-corrected chi connectivity index (χ3v) is 4.18. The molecule has 4 heteroatoms. The third kappa shape index (κ3) is 2.89.